The molecule has 0 fully saturated rings. The third-order valence-electron chi connectivity index (χ3n) is 3.44. The van der Waals surface area contributed by atoms with Crippen LogP contribution in [0, 0.1) is 18.3 Å². The van der Waals surface area contributed by atoms with Gasteiger partial charge in [0.2, 0.25) is 0 Å². The van der Waals surface area contributed by atoms with E-state index < -0.39 is 0 Å². The molecule has 3 aromatic rings. The fourth-order valence-electron chi connectivity index (χ4n) is 2.46. The van der Waals surface area contributed by atoms with E-state index in [1.54, 1.807) is 12.3 Å². The monoisotopic (exact) mass is 308 g/mol. The zero-order chi connectivity index (χ0) is 15.7. The first-order valence-electron chi connectivity index (χ1n) is 6.75. The Hall–Kier alpha value is -2.64. The normalized spacial score (nSPS) is 10.5. The molecule has 0 spiro atoms. The maximum Gasteiger partial charge on any atom is 0.140 e. The lowest BCUT2D eigenvalue weighted by Gasteiger charge is -2.11. The van der Waals surface area contributed by atoms with Gasteiger partial charge in [0.05, 0.1) is 11.6 Å². The minimum atomic E-state index is 0.449. The Morgan fingerprint density at radius 2 is 2.00 bits per heavy atom. The molecule has 0 bridgehead atoms. The van der Waals surface area contributed by atoms with Crippen LogP contribution in [0.15, 0.2) is 42.7 Å². The van der Waals surface area contributed by atoms with Gasteiger partial charge in [0.15, 0.2) is 0 Å². The number of halogens is 1. The molecule has 108 valence electrons. The Morgan fingerprint density at radius 1 is 1.18 bits per heavy atom. The van der Waals surface area contributed by atoms with Gasteiger partial charge in [0.1, 0.15) is 11.0 Å². The Morgan fingerprint density at radius 3 is 2.64 bits per heavy atom. The summed E-state index contributed by atoms with van der Waals surface area (Å²) in [6.07, 6.45) is 3.62. The number of hydrogen-bond donors (Lipinski definition) is 0. The van der Waals surface area contributed by atoms with Crippen LogP contribution in [0.25, 0.3) is 22.5 Å². The molecule has 0 saturated carbocycles. The number of aryl methyl sites for hydroxylation is 2. The fraction of sp³-hybridized carbons (Fsp3) is 0.118. The highest BCUT2D eigenvalue weighted by molar-refractivity contribution is 6.29. The molecule has 2 aromatic heterocycles. The van der Waals surface area contributed by atoms with Gasteiger partial charge in [-0.15, -0.1) is 0 Å². The first kappa shape index (κ1) is 14.3. The zero-order valence-corrected chi connectivity index (χ0v) is 13.0. The van der Waals surface area contributed by atoms with Crippen molar-refractivity contribution in [3.8, 4) is 28.6 Å². The number of pyridine rings is 1. The lowest BCUT2D eigenvalue weighted by atomic mass is 9.97. The summed E-state index contributed by atoms with van der Waals surface area (Å²) in [6.45, 7) is 1.90. The van der Waals surface area contributed by atoms with Crippen molar-refractivity contribution in [1.29, 1.82) is 5.26 Å². The summed E-state index contributed by atoms with van der Waals surface area (Å²) in [5.74, 6) is 0.803. The van der Waals surface area contributed by atoms with E-state index in [-0.39, 0.29) is 0 Å². The number of imidazole rings is 1. The van der Waals surface area contributed by atoms with Crippen molar-refractivity contribution in [3.63, 3.8) is 0 Å². The van der Waals surface area contributed by atoms with Crippen LogP contribution in [0.5, 0.6) is 0 Å². The van der Waals surface area contributed by atoms with E-state index in [1.165, 1.54) is 0 Å². The summed E-state index contributed by atoms with van der Waals surface area (Å²) in [5, 5.41) is 9.62. The molecular weight excluding hydrogens is 296 g/mol. The van der Waals surface area contributed by atoms with E-state index in [0.717, 1.165) is 28.2 Å². The van der Waals surface area contributed by atoms with Crippen LogP contribution in [0.4, 0.5) is 0 Å². The molecule has 0 saturated heterocycles. The topological polar surface area (TPSA) is 54.5 Å². The van der Waals surface area contributed by atoms with Crippen LogP contribution in [0.1, 0.15) is 11.3 Å². The van der Waals surface area contributed by atoms with Crippen molar-refractivity contribution in [2.45, 2.75) is 6.92 Å². The van der Waals surface area contributed by atoms with Gasteiger partial charge in [-0.1, -0.05) is 17.7 Å². The minimum absolute atomic E-state index is 0.449. The molecule has 0 aliphatic rings. The second-order valence-corrected chi connectivity index (χ2v) is 5.44. The molecule has 0 unspecified atom stereocenters. The molecule has 0 radical (unpaired) electrons. The van der Waals surface area contributed by atoms with E-state index in [4.69, 9.17) is 11.6 Å². The average molecular weight is 309 g/mol. The second-order valence-electron chi connectivity index (χ2n) is 5.05. The fourth-order valence-corrected chi connectivity index (χ4v) is 2.71. The van der Waals surface area contributed by atoms with Crippen molar-refractivity contribution < 1.29 is 0 Å². The molecule has 0 amide bonds. The molecule has 22 heavy (non-hydrogen) atoms. The van der Waals surface area contributed by atoms with Gasteiger partial charge in [-0.3, -0.25) is 0 Å². The first-order chi connectivity index (χ1) is 10.6. The predicted molar refractivity (Wildman–Crippen MR) is 86.3 cm³/mol. The molecule has 0 aliphatic heterocycles. The minimum Gasteiger partial charge on any atom is -0.334 e. The van der Waals surface area contributed by atoms with Crippen LogP contribution in [-0.4, -0.2) is 14.5 Å². The van der Waals surface area contributed by atoms with Gasteiger partial charge >= 0.3 is 0 Å². The van der Waals surface area contributed by atoms with Crippen LogP contribution >= 0.6 is 11.6 Å². The van der Waals surface area contributed by atoms with Gasteiger partial charge in [0, 0.05) is 30.7 Å². The molecular formula is C17H13ClN4. The summed E-state index contributed by atoms with van der Waals surface area (Å²) in [6, 6.07) is 11.5. The van der Waals surface area contributed by atoms with Gasteiger partial charge in [-0.25, -0.2) is 9.97 Å². The van der Waals surface area contributed by atoms with Crippen LogP contribution in [-0.2, 0) is 7.05 Å². The summed E-state index contributed by atoms with van der Waals surface area (Å²) < 4.78 is 1.93. The highest BCUT2D eigenvalue weighted by atomic mass is 35.5. The van der Waals surface area contributed by atoms with Crippen molar-refractivity contribution in [2.24, 2.45) is 7.05 Å². The molecule has 4 nitrogen and oxygen atoms in total. The Labute approximate surface area is 133 Å². The summed E-state index contributed by atoms with van der Waals surface area (Å²) in [7, 11) is 1.93. The number of rotatable bonds is 2. The number of aromatic nitrogens is 3. The third-order valence-corrected chi connectivity index (χ3v) is 3.64. The molecule has 0 N–H and O–H groups in total. The number of nitrogens with zero attached hydrogens (tertiary/aromatic N) is 4. The SMILES string of the molecule is Cc1cc(-c2ccc(C#N)cc2-c2nccn2C)cc(Cl)n1. The standard InChI is InChI=1S/C17H13ClN4/c1-11-7-13(9-16(18)21-11)14-4-3-12(10-19)8-15(14)17-20-5-6-22(17)2/h3-9H,1-2H3. The highest BCUT2D eigenvalue weighted by Gasteiger charge is 2.13. The molecule has 1 aromatic carbocycles. The van der Waals surface area contributed by atoms with Crippen molar-refractivity contribution in [1.82, 2.24) is 14.5 Å². The van der Waals surface area contributed by atoms with Crippen LogP contribution < -0.4 is 0 Å². The highest BCUT2D eigenvalue weighted by Crippen LogP contribution is 2.33. The van der Waals surface area contributed by atoms with Crippen molar-refractivity contribution in [3.05, 3.63) is 59.1 Å². The lowest BCUT2D eigenvalue weighted by molar-refractivity contribution is 0.925. The zero-order valence-electron chi connectivity index (χ0n) is 12.2. The van der Waals surface area contributed by atoms with E-state index in [2.05, 4.69) is 16.0 Å². The maximum atomic E-state index is 9.17. The van der Waals surface area contributed by atoms with Gasteiger partial charge in [-0.05, 0) is 42.3 Å². The molecule has 3 rings (SSSR count). The van der Waals surface area contributed by atoms with Crippen LogP contribution in [0.3, 0.4) is 0 Å². The van der Waals surface area contributed by atoms with E-state index in [1.807, 2.05) is 49.0 Å². The average Bonchev–Trinajstić information content (AvgIpc) is 2.91. The van der Waals surface area contributed by atoms with E-state index in [9.17, 15) is 5.26 Å². The Kier molecular flexibility index (Phi) is 3.66. The first-order valence-corrected chi connectivity index (χ1v) is 7.12. The summed E-state index contributed by atoms with van der Waals surface area (Å²) >= 11 is 6.08. The lowest BCUT2D eigenvalue weighted by Crippen LogP contribution is -1.95. The van der Waals surface area contributed by atoms with Gasteiger partial charge < -0.3 is 4.57 Å². The number of nitriles is 1. The number of benzene rings is 1. The molecule has 2 heterocycles. The van der Waals surface area contributed by atoms with Crippen LogP contribution in [0.2, 0.25) is 5.15 Å². The predicted octanol–water partition coefficient (Wildman–Crippen LogP) is 3.98. The van der Waals surface area contributed by atoms with Crippen molar-refractivity contribution >= 4 is 11.6 Å². The molecule has 0 atom stereocenters. The van der Waals surface area contributed by atoms with Gasteiger partial charge in [0.25, 0.3) is 0 Å². The quantitative estimate of drug-likeness (QED) is 0.673. The Bertz CT molecular complexity index is 870. The van der Waals surface area contributed by atoms with E-state index in [0.29, 0.717) is 10.7 Å². The third kappa shape index (κ3) is 2.59. The largest absolute Gasteiger partial charge is 0.334 e. The maximum absolute atomic E-state index is 9.17. The summed E-state index contributed by atoms with van der Waals surface area (Å²) in [4.78, 5) is 8.59. The molecule has 0 aliphatic carbocycles. The van der Waals surface area contributed by atoms with Gasteiger partial charge in [-0.2, -0.15) is 5.26 Å². The summed E-state index contributed by atoms with van der Waals surface area (Å²) in [5.41, 5.74) is 4.27. The second kappa shape index (κ2) is 5.63. The number of hydrogen-bond acceptors (Lipinski definition) is 3. The smallest absolute Gasteiger partial charge is 0.140 e. The van der Waals surface area contributed by atoms with Crippen molar-refractivity contribution in [2.75, 3.05) is 0 Å². The Balaban J connectivity index is 2.28. The molecule has 5 heteroatoms. The van der Waals surface area contributed by atoms with E-state index >= 15 is 0 Å².